The molecule has 2 heterocycles. The predicted molar refractivity (Wildman–Crippen MR) is 83.7 cm³/mol. The van der Waals surface area contributed by atoms with E-state index in [1.165, 1.54) is 7.11 Å². The van der Waals surface area contributed by atoms with Crippen LogP contribution in [0.4, 0.5) is 23.1 Å². The highest BCUT2D eigenvalue weighted by Gasteiger charge is 2.53. The van der Waals surface area contributed by atoms with Crippen molar-refractivity contribution in [2.24, 2.45) is 11.8 Å². The second-order valence-electron chi connectivity index (χ2n) is 5.65. The smallest absolute Gasteiger partial charge is 0.394 e. The molecule has 0 saturated carbocycles. The Hall–Kier alpha value is -2.37. The molecule has 144 valence electrons. The normalized spacial score (nSPS) is 20.1. The first-order chi connectivity index (χ1) is 12.1. The van der Waals surface area contributed by atoms with Crippen LogP contribution in [-0.4, -0.2) is 59.3 Å². The number of alkyl halides is 3. The SMILES string of the molecule is COC(=O)CCc1csc(NC(=O)N2C[C@@H](C(F)(F)F)[C@H](C(=O)O)C2)n1. The molecule has 1 fully saturated rings. The minimum Gasteiger partial charge on any atom is -0.481 e. The molecule has 1 aliphatic rings. The maximum Gasteiger partial charge on any atom is 0.394 e. The van der Waals surface area contributed by atoms with Crippen LogP contribution in [0.3, 0.4) is 0 Å². The molecule has 0 bridgehead atoms. The van der Waals surface area contributed by atoms with E-state index in [-0.39, 0.29) is 11.6 Å². The van der Waals surface area contributed by atoms with Gasteiger partial charge in [0.05, 0.1) is 31.1 Å². The van der Waals surface area contributed by atoms with Gasteiger partial charge in [-0.1, -0.05) is 0 Å². The first kappa shape index (κ1) is 19.9. The van der Waals surface area contributed by atoms with E-state index in [1.807, 2.05) is 0 Å². The Labute approximate surface area is 149 Å². The van der Waals surface area contributed by atoms with E-state index in [9.17, 15) is 27.6 Å². The second kappa shape index (κ2) is 7.89. The molecule has 26 heavy (non-hydrogen) atoms. The molecule has 1 aromatic heterocycles. The molecule has 2 atom stereocenters. The van der Waals surface area contributed by atoms with E-state index in [4.69, 9.17) is 5.11 Å². The summed E-state index contributed by atoms with van der Waals surface area (Å²) >= 11 is 1.05. The largest absolute Gasteiger partial charge is 0.481 e. The van der Waals surface area contributed by atoms with Crippen molar-refractivity contribution in [1.82, 2.24) is 9.88 Å². The molecule has 12 heteroatoms. The van der Waals surface area contributed by atoms with Crippen molar-refractivity contribution in [3.05, 3.63) is 11.1 Å². The number of methoxy groups -OCH3 is 1. The third kappa shape index (κ3) is 4.84. The molecule has 2 N–H and O–H groups in total. The lowest BCUT2D eigenvalue weighted by molar-refractivity contribution is -0.187. The van der Waals surface area contributed by atoms with Gasteiger partial charge in [-0.15, -0.1) is 11.3 Å². The van der Waals surface area contributed by atoms with E-state index < -0.39 is 49.1 Å². The molecule has 0 aliphatic carbocycles. The first-order valence-electron chi connectivity index (χ1n) is 7.48. The van der Waals surface area contributed by atoms with Crippen molar-refractivity contribution in [3.63, 3.8) is 0 Å². The van der Waals surface area contributed by atoms with E-state index in [0.29, 0.717) is 12.1 Å². The lowest BCUT2D eigenvalue weighted by atomic mass is 9.96. The number of carbonyl (C=O) groups excluding carboxylic acids is 2. The lowest BCUT2D eigenvalue weighted by Gasteiger charge is -2.18. The number of carboxylic acid groups (broad SMARTS) is 1. The summed E-state index contributed by atoms with van der Waals surface area (Å²) in [5, 5.41) is 13.1. The van der Waals surface area contributed by atoms with Gasteiger partial charge in [0.1, 0.15) is 0 Å². The average Bonchev–Trinajstić information content (AvgIpc) is 3.19. The number of nitrogens with zero attached hydrogens (tertiary/aromatic N) is 2. The van der Waals surface area contributed by atoms with Gasteiger partial charge >= 0.3 is 24.1 Å². The molecule has 1 saturated heterocycles. The zero-order valence-electron chi connectivity index (χ0n) is 13.6. The molecule has 8 nitrogen and oxygen atoms in total. The van der Waals surface area contributed by atoms with Crippen LogP contribution in [0.1, 0.15) is 12.1 Å². The molecule has 0 radical (unpaired) electrons. The van der Waals surface area contributed by atoms with Gasteiger partial charge in [0, 0.05) is 24.9 Å². The number of halogens is 3. The topological polar surface area (TPSA) is 109 Å². The Balaban J connectivity index is 1.97. The number of nitrogens with one attached hydrogen (secondary N) is 1. The fraction of sp³-hybridized carbons (Fsp3) is 0.571. The van der Waals surface area contributed by atoms with Crippen molar-refractivity contribution >= 4 is 34.4 Å². The van der Waals surface area contributed by atoms with Crippen molar-refractivity contribution in [2.45, 2.75) is 19.0 Å². The van der Waals surface area contributed by atoms with Crippen molar-refractivity contribution in [1.29, 1.82) is 0 Å². The third-order valence-corrected chi connectivity index (χ3v) is 4.73. The van der Waals surface area contributed by atoms with Crippen molar-refractivity contribution in [3.8, 4) is 0 Å². The molecule has 0 unspecified atom stereocenters. The summed E-state index contributed by atoms with van der Waals surface area (Å²) in [7, 11) is 1.25. The molecular weight excluding hydrogens is 379 g/mol. The number of likely N-dealkylation sites (tertiary alicyclic amines) is 1. The van der Waals surface area contributed by atoms with Gasteiger partial charge in [-0.25, -0.2) is 9.78 Å². The summed E-state index contributed by atoms with van der Waals surface area (Å²) in [5.74, 6) is -5.83. The molecular formula is C14H16F3N3O5S. The number of aliphatic carboxylic acids is 1. The van der Waals surface area contributed by atoms with Gasteiger partial charge in [-0.3, -0.25) is 14.9 Å². The number of ether oxygens (including phenoxy) is 1. The number of anilines is 1. The van der Waals surface area contributed by atoms with Gasteiger partial charge < -0.3 is 14.7 Å². The van der Waals surface area contributed by atoms with Crippen LogP contribution in [0.5, 0.6) is 0 Å². The van der Waals surface area contributed by atoms with Gasteiger partial charge in [0.25, 0.3) is 0 Å². The summed E-state index contributed by atoms with van der Waals surface area (Å²) < 4.78 is 43.3. The number of thiazole rings is 1. The van der Waals surface area contributed by atoms with Crippen LogP contribution in [0.15, 0.2) is 5.38 Å². The van der Waals surface area contributed by atoms with E-state index in [2.05, 4.69) is 15.0 Å². The molecule has 2 rings (SSSR count). The quantitative estimate of drug-likeness (QED) is 0.738. The average molecular weight is 395 g/mol. The summed E-state index contributed by atoms with van der Waals surface area (Å²) in [5.41, 5.74) is 0.522. The van der Waals surface area contributed by atoms with Crippen LogP contribution < -0.4 is 5.32 Å². The lowest BCUT2D eigenvalue weighted by Crippen LogP contribution is -2.35. The minimum absolute atomic E-state index is 0.104. The number of aryl methyl sites for hydroxylation is 1. The van der Waals surface area contributed by atoms with Crippen LogP contribution in [0.2, 0.25) is 0 Å². The van der Waals surface area contributed by atoms with E-state index in [0.717, 1.165) is 16.2 Å². The highest BCUT2D eigenvalue weighted by atomic mass is 32.1. The molecule has 1 aliphatic heterocycles. The van der Waals surface area contributed by atoms with Crippen molar-refractivity contribution in [2.75, 3.05) is 25.5 Å². The number of carboxylic acids is 1. The minimum atomic E-state index is -4.71. The summed E-state index contributed by atoms with van der Waals surface area (Å²) in [4.78, 5) is 39.1. The summed E-state index contributed by atoms with van der Waals surface area (Å²) in [6, 6.07) is -0.850. The van der Waals surface area contributed by atoms with Gasteiger partial charge in [-0.05, 0) is 0 Å². The summed E-state index contributed by atoms with van der Waals surface area (Å²) in [6.45, 7) is -1.27. The molecule has 1 aromatic rings. The highest BCUT2D eigenvalue weighted by molar-refractivity contribution is 7.13. The predicted octanol–water partition coefficient (Wildman–Crippen LogP) is 1.98. The number of amides is 2. The van der Waals surface area contributed by atoms with Gasteiger partial charge in [0.15, 0.2) is 5.13 Å². The van der Waals surface area contributed by atoms with Crippen LogP contribution >= 0.6 is 11.3 Å². The number of esters is 1. The first-order valence-corrected chi connectivity index (χ1v) is 8.36. The Morgan fingerprint density at radius 3 is 2.65 bits per heavy atom. The van der Waals surface area contributed by atoms with Crippen molar-refractivity contribution < 1.29 is 37.4 Å². The zero-order valence-corrected chi connectivity index (χ0v) is 14.4. The van der Waals surface area contributed by atoms with Gasteiger partial charge in [-0.2, -0.15) is 13.2 Å². The highest BCUT2D eigenvalue weighted by Crippen LogP contribution is 2.38. The van der Waals surface area contributed by atoms with Crippen LogP contribution in [0.25, 0.3) is 0 Å². The maximum atomic E-state index is 12.9. The number of urea groups is 1. The van der Waals surface area contributed by atoms with Gasteiger partial charge in [0.2, 0.25) is 0 Å². The molecule has 0 aromatic carbocycles. The van der Waals surface area contributed by atoms with Crippen LogP contribution in [-0.2, 0) is 20.7 Å². The Kier molecular flexibility index (Phi) is 6.05. The summed E-state index contributed by atoms with van der Waals surface area (Å²) in [6.07, 6.45) is -4.31. The Morgan fingerprint density at radius 2 is 2.12 bits per heavy atom. The monoisotopic (exact) mass is 395 g/mol. The standard InChI is InChI=1S/C14H16F3N3O5S/c1-25-10(21)3-2-7-6-26-12(18-7)19-13(24)20-4-8(11(22)23)9(5-20)14(15,16)17/h6,8-9H,2-5H2,1H3,(H,22,23)(H,18,19,24)/t8-,9-/m1/s1. The fourth-order valence-electron chi connectivity index (χ4n) is 2.53. The van der Waals surface area contributed by atoms with E-state index in [1.54, 1.807) is 5.38 Å². The maximum absolute atomic E-state index is 12.9. The number of carbonyl (C=O) groups is 3. The Bertz CT molecular complexity index is 694. The molecule has 2 amide bonds. The second-order valence-corrected chi connectivity index (χ2v) is 6.51. The number of hydrogen-bond acceptors (Lipinski definition) is 6. The molecule has 0 spiro atoms. The zero-order chi connectivity index (χ0) is 19.5. The van der Waals surface area contributed by atoms with E-state index >= 15 is 0 Å². The Morgan fingerprint density at radius 1 is 1.42 bits per heavy atom. The number of rotatable bonds is 5. The fourth-order valence-corrected chi connectivity index (χ4v) is 3.27. The number of aromatic nitrogens is 1. The third-order valence-electron chi connectivity index (χ3n) is 3.92. The van der Waals surface area contributed by atoms with Crippen LogP contribution in [0, 0.1) is 11.8 Å². The number of hydrogen-bond donors (Lipinski definition) is 2.